The molecule has 648 valence electrons. The third kappa shape index (κ3) is 30.0. The second kappa shape index (κ2) is 47.2. The number of nitrogens with two attached hydrogens (primary N) is 3. The molecule has 2 aromatic rings. The van der Waals surface area contributed by atoms with Gasteiger partial charge < -0.3 is 106 Å². The van der Waals surface area contributed by atoms with E-state index in [4.69, 9.17) is 17.2 Å². The molecule has 118 heavy (non-hydrogen) atoms. The van der Waals surface area contributed by atoms with Crippen molar-refractivity contribution >= 4 is 125 Å². The van der Waals surface area contributed by atoms with Crippen LogP contribution in [0.1, 0.15) is 143 Å². The molecular formula is C78H115N19O20S. The zero-order valence-electron chi connectivity index (χ0n) is 67.5. The van der Waals surface area contributed by atoms with Crippen LogP contribution in [0.3, 0.4) is 0 Å². The van der Waals surface area contributed by atoms with Gasteiger partial charge in [-0.2, -0.15) is 12.6 Å². The van der Waals surface area contributed by atoms with E-state index >= 15 is 0 Å². The Bertz CT molecular complexity index is 3930. The van der Waals surface area contributed by atoms with Gasteiger partial charge in [-0.25, -0.2) is 4.79 Å². The molecule has 4 fully saturated rings. The molecule has 6 rings (SSSR count). The molecule has 2 aromatic carbocycles. The molecule has 40 heteroatoms. The maximum atomic E-state index is 14.7. The number of carboxylic acids is 1. The van der Waals surface area contributed by atoms with Crippen LogP contribution in [0.25, 0.3) is 0 Å². The Morgan fingerprint density at radius 2 is 0.763 bits per heavy atom. The van der Waals surface area contributed by atoms with Gasteiger partial charge in [0.1, 0.15) is 72.5 Å². The van der Waals surface area contributed by atoms with Crippen LogP contribution in [0.4, 0.5) is 0 Å². The fourth-order valence-corrected chi connectivity index (χ4v) is 14.7. The number of benzene rings is 2. The molecule has 4 saturated heterocycles. The second-order valence-corrected chi connectivity index (χ2v) is 31.4. The van der Waals surface area contributed by atoms with Crippen LogP contribution in [-0.2, 0) is 104 Å². The number of aliphatic carboxylic acids is 1. The Labute approximate surface area is 689 Å². The van der Waals surface area contributed by atoms with E-state index in [1.165, 1.54) is 14.7 Å². The fraction of sp³-hybridized carbons (Fsp3) is 0.603. The average Bonchev–Trinajstić information content (AvgIpc) is 1.74. The van der Waals surface area contributed by atoms with E-state index in [0.717, 1.165) is 4.90 Å². The van der Waals surface area contributed by atoms with E-state index in [-0.39, 0.29) is 127 Å². The Hall–Kier alpha value is -11.3. The Morgan fingerprint density at radius 1 is 0.398 bits per heavy atom. The van der Waals surface area contributed by atoms with Crippen molar-refractivity contribution in [3.05, 3.63) is 71.8 Å². The Morgan fingerprint density at radius 3 is 1.21 bits per heavy atom. The van der Waals surface area contributed by atoms with Gasteiger partial charge in [-0.1, -0.05) is 102 Å². The third-order valence-electron chi connectivity index (χ3n) is 20.3. The fourth-order valence-electron chi connectivity index (χ4n) is 14.5. The summed E-state index contributed by atoms with van der Waals surface area (Å²) in [4.78, 5) is 262. The van der Waals surface area contributed by atoms with Gasteiger partial charge in [-0.05, 0) is 106 Å². The summed E-state index contributed by atoms with van der Waals surface area (Å²) in [6.07, 6.45) is 0.373. The number of rotatable bonds is 45. The first-order chi connectivity index (χ1) is 56.0. The minimum atomic E-state index is -1.63. The largest absolute Gasteiger partial charge is 0.480 e. The molecule has 0 radical (unpaired) electrons. The summed E-state index contributed by atoms with van der Waals surface area (Å²) < 4.78 is 0. The van der Waals surface area contributed by atoms with Crippen molar-refractivity contribution < 1.29 is 96.2 Å². The van der Waals surface area contributed by atoms with Gasteiger partial charge >= 0.3 is 5.97 Å². The predicted molar refractivity (Wildman–Crippen MR) is 428 cm³/mol. The highest BCUT2D eigenvalue weighted by Crippen LogP contribution is 2.28. The highest BCUT2D eigenvalue weighted by Gasteiger charge is 2.47. The second-order valence-electron chi connectivity index (χ2n) is 31.1. The number of nitrogens with zero attached hydrogens (tertiary/aromatic N) is 4. The summed E-state index contributed by atoms with van der Waals surface area (Å²) in [6, 6.07) is 1.85. The molecule has 19 N–H and O–H groups in total. The first-order valence-corrected chi connectivity index (χ1v) is 40.5. The maximum absolute atomic E-state index is 14.7. The molecule has 0 aliphatic carbocycles. The minimum absolute atomic E-state index is 0.00000281. The normalized spacial score (nSPS) is 18.4. The summed E-state index contributed by atoms with van der Waals surface area (Å²) in [5, 5.41) is 40.3. The molecular weight excluding hydrogens is 1560 g/mol. The quantitative estimate of drug-likeness (QED) is 0.0276. The standard InChI is InChI=1S/C78H115N19O20S/c1-43(2)31-49(87-66(104)41-83-64(102)39-85-68(106)55(42-118)88-62(100)37-79)69(107)91-52(33-45(5)6)75(113)94-27-13-22-57(94)72(110)90-51(34-46-17-9-7-10-18-46)67(105)84-38-63(101)82-40-65(103)86-48(25-26-60(80)98)74(112)97-30-16-24-59(97)77(115)96-29-15-23-58(96)73(111)92-53(36-61(81)99)76(114)95-28-14-21-56(95)71(109)89-50(32-44(3)4)70(108)93-54(78(116)117)35-47-19-11-8-12-20-47/h7-12,17-20,43-45,48-59,118H,13-16,21-42,79H2,1-6H3,(H2,80,98)(H2,81,99)(H,82,101)(H,83,102)(H,84,105)(H,85,106)(H,86,103)(H,87,104)(H,88,100)(H,89,109)(H,90,110)(H,91,107)(H,92,111)(H,93,108)(H,116,117)/t48-,49-,50-,51-,52-,53-,54-,55-,56-,57-,58-,59-/m0/s1. The number of primary amides is 2. The van der Waals surface area contributed by atoms with Gasteiger partial charge in [0.05, 0.1) is 39.1 Å². The van der Waals surface area contributed by atoms with E-state index in [0.29, 0.717) is 30.4 Å². The van der Waals surface area contributed by atoms with Crippen LogP contribution in [0.15, 0.2) is 60.7 Å². The van der Waals surface area contributed by atoms with E-state index in [2.05, 4.69) is 76.4 Å². The number of carbonyl (C=O) groups excluding carboxylic acids is 18. The highest BCUT2D eigenvalue weighted by atomic mass is 32.1. The van der Waals surface area contributed by atoms with Crippen LogP contribution < -0.4 is 81.0 Å². The molecule has 0 spiro atoms. The van der Waals surface area contributed by atoms with Crippen LogP contribution in [0, 0.1) is 17.8 Å². The van der Waals surface area contributed by atoms with Crippen molar-refractivity contribution in [3.8, 4) is 0 Å². The Kier molecular flexibility index (Phi) is 38.2. The molecule has 4 aliphatic heterocycles. The molecule has 39 nitrogen and oxygen atoms in total. The SMILES string of the molecule is CC(C)C[C@H](NC(=O)CNC(=O)CNC(=O)[C@H](CS)NC(=O)CN)C(=O)N[C@@H](CC(C)C)C(=O)N1CCC[C@H]1C(=O)N[C@@H](Cc1ccccc1)C(=O)NCC(=O)NCC(=O)N[C@@H](CCC(N)=O)C(=O)N1CCC[C@H]1C(=O)N1CCC[C@H]1C(=O)N[C@@H](CC(N)=O)C(=O)N1CCC[C@H]1C(=O)N[C@@H](CC(C)C)C(=O)N[C@@H](Cc1ccccc1)C(=O)O. The lowest BCUT2D eigenvalue weighted by Crippen LogP contribution is -2.60. The van der Waals surface area contributed by atoms with Gasteiger partial charge in [0.25, 0.3) is 0 Å². The summed E-state index contributed by atoms with van der Waals surface area (Å²) in [6.45, 7) is 7.85. The van der Waals surface area contributed by atoms with E-state index in [1.807, 2.05) is 13.8 Å². The highest BCUT2D eigenvalue weighted by molar-refractivity contribution is 7.80. The summed E-state index contributed by atoms with van der Waals surface area (Å²) >= 11 is 4.04. The van der Waals surface area contributed by atoms with Crippen LogP contribution in [0.5, 0.6) is 0 Å². The summed E-state index contributed by atoms with van der Waals surface area (Å²) in [5.41, 5.74) is 17.7. The number of carboxylic acid groups (broad SMARTS) is 1. The Balaban J connectivity index is 1.04. The first kappa shape index (κ1) is 95.5. The van der Waals surface area contributed by atoms with Crippen LogP contribution in [-0.4, -0.2) is 274 Å². The topological polar surface area (TPSA) is 580 Å². The van der Waals surface area contributed by atoms with Crippen LogP contribution >= 0.6 is 12.6 Å². The van der Waals surface area contributed by atoms with Crippen molar-refractivity contribution in [1.29, 1.82) is 0 Å². The molecule has 0 aromatic heterocycles. The monoisotopic (exact) mass is 1670 g/mol. The van der Waals surface area contributed by atoms with Crippen LogP contribution in [0.2, 0.25) is 0 Å². The van der Waals surface area contributed by atoms with Crippen molar-refractivity contribution in [3.63, 3.8) is 0 Å². The number of hydrogen-bond acceptors (Lipinski definition) is 21. The van der Waals surface area contributed by atoms with E-state index in [1.54, 1.807) is 88.4 Å². The van der Waals surface area contributed by atoms with Crippen molar-refractivity contribution in [2.45, 2.75) is 217 Å². The molecule has 4 heterocycles. The van der Waals surface area contributed by atoms with E-state index < -0.39 is 224 Å². The van der Waals surface area contributed by atoms with E-state index in [9.17, 15) is 96.2 Å². The maximum Gasteiger partial charge on any atom is 0.326 e. The first-order valence-electron chi connectivity index (χ1n) is 39.9. The zero-order valence-corrected chi connectivity index (χ0v) is 68.4. The lowest BCUT2D eigenvalue weighted by molar-refractivity contribution is -0.148. The van der Waals surface area contributed by atoms with Crippen molar-refractivity contribution in [2.24, 2.45) is 35.0 Å². The molecule has 18 amide bonds. The molecule has 4 aliphatic rings. The smallest absolute Gasteiger partial charge is 0.326 e. The van der Waals surface area contributed by atoms with Gasteiger partial charge in [0, 0.05) is 51.2 Å². The predicted octanol–water partition coefficient (Wildman–Crippen LogP) is -4.97. The third-order valence-corrected chi connectivity index (χ3v) is 20.6. The molecule has 0 saturated carbocycles. The van der Waals surface area contributed by atoms with Crippen molar-refractivity contribution in [1.82, 2.24) is 83.4 Å². The van der Waals surface area contributed by atoms with Gasteiger partial charge in [-0.3, -0.25) is 86.3 Å². The minimum Gasteiger partial charge on any atom is -0.480 e. The number of hydrogen-bond donors (Lipinski definition) is 17. The molecule has 0 unspecified atom stereocenters. The molecule has 12 atom stereocenters. The number of likely N-dealkylation sites (tertiary alicyclic amines) is 4. The number of nitrogens with one attached hydrogen (secondary N) is 12. The van der Waals surface area contributed by atoms with Gasteiger partial charge in [0.2, 0.25) is 106 Å². The zero-order chi connectivity index (χ0) is 87.0. The van der Waals surface area contributed by atoms with Crippen molar-refractivity contribution in [2.75, 3.05) is 64.7 Å². The number of thiol groups is 1. The van der Waals surface area contributed by atoms with Gasteiger partial charge in [-0.15, -0.1) is 0 Å². The number of carbonyl (C=O) groups is 19. The summed E-state index contributed by atoms with van der Waals surface area (Å²) in [7, 11) is 0. The average molecular weight is 1670 g/mol. The summed E-state index contributed by atoms with van der Waals surface area (Å²) in [5.74, 6) is -16.1. The lowest BCUT2D eigenvalue weighted by atomic mass is 9.99. The molecule has 0 bridgehead atoms. The lowest BCUT2D eigenvalue weighted by Gasteiger charge is -2.34. The van der Waals surface area contributed by atoms with Gasteiger partial charge in [0.15, 0.2) is 0 Å². The number of amides is 18.